The highest BCUT2D eigenvalue weighted by molar-refractivity contribution is 5.91. The standard InChI is InChI=1S/C11H11F4NO4/c1-3-19-10(17)8-9(18-2)6(5-12)4-7(16-8)20-11(13,14)15/h4H,3,5H2,1-2H3. The van der Waals surface area contributed by atoms with Crippen molar-refractivity contribution in [2.24, 2.45) is 0 Å². The lowest BCUT2D eigenvalue weighted by molar-refractivity contribution is -0.276. The van der Waals surface area contributed by atoms with Crippen molar-refractivity contribution in [1.29, 1.82) is 0 Å². The Balaban J connectivity index is 3.30. The van der Waals surface area contributed by atoms with Gasteiger partial charge in [0, 0.05) is 11.6 Å². The Hall–Kier alpha value is -2.06. The highest BCUT2D eigenvalue weighted by Crippen LogP contribution is 2.30. The second-order valence-corrected chi connectivity index (χ2v) is 3.40. The van der Waals surface area contributed by atoms with Gasteiger partial charge >= 0.3 is 12.3 Å². The summed E-state index contributed by atoms with van der Waals surface area (Å²) in [4.78, 5) is 14.9. The lowest BCUT2D eigenvalue weighted by Crippen LogP contribution is -2.19. The number of rotatable bonds is 5. The highest BCUT2D eigenvalue weighted by Gasteiger charge is 2.33. The van der Waals surface area contributed by atoms with Crippen LogP contribution in [0.3, 0.4) is 0 Å². The molecule has 0 aromatic carbocycles. The Kier molecular flexibility index (Phi) is 5.12. The molecule has 0 aliphatic rings. The van der Waals surface area contributed by atoms with Gasteiger partial charge in [0.25, 0.3) is 0 Å². The van der Waals surface area contributed by atoms with Gasteiger partial charge in [-0.2, -0.15) is 0 Å². The zero-order valence-electron chi connectivity index (χ0n) is 10.6. The molecule has 1 aromatic heterocycles. The van der Waals surface area contributed by atoms with E-state index in [1.54, 1.807) is 0 Å². The second-order valence-electron chi connectivity index (χ2n) is 3.40. The third kappa shape index (κ3) is 3.97. The number of carbonyl (C=O) groups excluding carboxylic acids is 1. The predicted octanol–water partition coefficient (Wildman–Crippen LogP) is 2.64. The number of esters is 1. The molecule has 0 aliphatic heterocycles. The molecule has 9 heteroatoms. The lowest BCUT2D eigenvalue weighted by Gasteiger charge is -2.14. The number of hydrogen-bond donors (Lipinski definition) is 0. The van der Waals surface area contributed by atoms with E-state index in [4.69, 9.17) is 4.74 Å². The normalized spacial score (nSPS) is 11.1. The molecule has 0 radical (unpaired) electrons. The maximum Gasteiger partial charge on any atom is 0.574 e. The summed E-state index contributed by atoms with van der Waals surface area (Å²) in [6, 6.07) is 0.703. The van der Waals surface area contributed by atoms with Gasteiger partial charge in [-0.25, -0.2) is 14.2 Å². The van der Waals surface area contributed by atoms with Gasteiger partial charge in [-0.05, 0) is 6.92 Å². The number of carbonyl (C=O) groups is 1. The van der Waals surface area contributed by atoms with Crippen molar-refractivity contribution in [3.63, 3.8) is 0 Å². The zero-order valence-corrected chi connectivity index (χ0v) is 10.6. The molecular weight excluding hydrogens is 286 g/mol. The van der Waals surface area contributed by atoms with E-state index in [9.17, 15) is 22.4 Å². The van der Waals surface area contributed by atoms with E-state index in [1.807, 2.05) is 0 Å². The van der Waals surface area contributed by atoms with Gasteiger partial charge in [-0.3, -0.25) is 0 Å². The number of pyridine rings is 1. The van der Waals surface area contributed by atoms with Crippen LogP contribution >= 0.6 is 0 Å². The Morgan fingerprint density at radius 2 is 2.05 bits per heavy atom. The van der Waals surface area contributed by atoms with Crippen molar-refractivity contribution >= 4 is 5.97 Å². The molecule has 0 aliphatic carbocycles. The Bertz CT molecular complexity index is 490. The Labute approximate surface area is 111 Å². The summed E-state index contributed by atoms with van der Waals surface area (Å²) >= 11 is 0. The molecule has 5 nitrogen and oxygen atoms in total. The first-order chi connectivity index (χ1) is 9.32. The van der Waals surface area contributed by atoms with Crippen LogP contribution in [-0.4, -0.2) is 31.0 Å². The van der Waals surface area contributed by atoms with Crippen molar-refractivity contribution in [3.8, 4) is 11.6 Å². The van der Waals surface area contributed by atoms with Gasteiger partial charge in [0.05, 0.1) is 13.7 Å². The molecule has 0 atom stereocenters. The Morgan fingerprint density at radius 1 is 1.40 bits per heavy atom. The third-order valence-electron chi connectivity index (χ3n) is 2.06. The fraction of sp³-hybridized carbons (Fsp3) is 0.455. The number of ether oxygens (including phenoxy) is 3. The SMILES string of the molecule is CCOC(=O)c1nc(OC(F)(F)F)cc(CF)c1OC. The number of halogens is 4. The van der Waals surface area contributed by atoms with Crippen molar-refractivity contribution < 1.29 is 36.6 Å². The second kappa shape index (κ2) is 6.40. The van der Waals surface area contributed by atoms with E-state index >= 15 is 0 Å². The molecule has 0 bridgehead atoms. The van der Waals surface area contributed by atoms with Crippen LogP contribution in [0.2, 0.25) is 0 Å². The molecule has 0 amide bonds. The zero-order chi connectivity index (χ0) is 15.3. The average Bonchev–Trinajstić information content (AvgIpc) is 2.35. The summed E-state index contributed by atoms with van der Waals surface area (Å²) in [6.45, 7) is 0.307. The summed E-state index contributed by atoms with van der Waals surface area (Å²) in [6.07, 6.45) is -5.01. The maximum absolute atomic E-state index is 12.8. The first kappa shape index (κ1) is 16.0. The molecule has 0 N–H and O–H groups in total. The van der Waals surface area contributed by atoms with E-state index in [1.165, 1.54) is 6.92 Å². The van der Waals surface area contributed by atoms with Crippen LogP contribution < -0.4 is 9.47 Å². The van der Waals surface area contributed by atoms with E-state index in [0.717, 1.165) is 7.11 Å². The largest absolute Gasteiger partial charge is 0.574 e. The maximum atomic E-state index is 12.8. The van der Waals surface area contributed by atoms with Crippen molar-refractivity contribution in [2.45, 2.75) is 20.0 Å². The van der Waals surface area contributed by atoms with Crippen LogP contribution in [-0.2, 0) is 11.4 Å². The molecule has 0 saturated carbocycles. The summed E-state index contributed by atoms with van der Waals surface area (Å²) in [5, 5.41) is 0. The fourth-order valence-corrected chi connectivity index (χ4v) is 1.40. The van der Waals surface area contributed by atoms with Gasteiger partial charge < -0.3 is 14.2 Å². The Morgan fingerprint density at radius 3 is 2.50 bits per heavy atom. The van der Waals surface area contributed by atoms with Crippen molar-refractivity contribution in [1.82, 2.24) is 4.98 Å². The first-order valence-corrected chi connectivity index (χ1v) is 5.39. The molecule has 20 heavy (non-hydrogen) atoms. The van der Waals surface area contributed by atoms with E-state index < -0.39 is 30.6 Å². The molecule has 112 valence electrons. The molecule has 1 heterocycles. The topological polar surface area (TPSA) is 57.7 Å². The number of alkyl halides is 4. The van der Waals surface area contributed by atoms with Gasteiger partial charge in [0.1, 0.15) is 6.67 Å². The molecule has 1 aromatic rings. The van der Waals surface area contributed by atoms with Gasteiger partial charge in [-0.15, -0.1) is 13.2 Å². The van der Waals surface area contributed by atoms with Crippen molar-refractivity contribution in [2.75, 3.05) is 13.7 Å². The van der Waals surface area contributed by atoms with Crippen LogP contribution in [0.5, 0.6) is 11.6 Å². The summed E-state index contributed by atoms with van der Waals surface area (Å²) in [5.74, 6) is -2.29. The highest BCUT2D eigenvalue weighted by atomic mass is 19.4. The smallest absolute Gasteiger partial charge is 0.494 e. The van der Waals surface area contributed by atoms with Gasteiger partial charge in [0.2, 0.25) is 5.88 Å². The van der Waals surface area contributed by atoms with E-state index in [2.05, 4.69) is 14.5 Å². The predicted molar refractivity (Wildman–Crippen MR) is 58.2 cm³/mol. The van der Waals surface area contributed by atoms with Crippen molar-refractivity contribution in [3.05, 3.63) is 17.3 Å². The summed E-state index contributed by atoms with van der Waals surface area (Å²) in [5.41, 5.74) is -0.881. The lowest BCUT2D eigenvalue weighted by atomic mass is 10.2. The average molecular weight is 297 g/mol. The van der Waals surface area contributed by atoms with E-state index in [0.29, 0.717) is 6.07 Å². The monoisotopic (exact) mass is 297 g/mol. The molecule has 0 fully saturated rings. The first-order valence-electron chi connectivity index (χ1n) is 5.39. The minimum atomic E-state index is -5.01. The van der Waals surface area contributed by atoms with Gasteiger partial charge in [-0.1, -0.05) is 0 Å². The summed E-state index contributed by atoms with van der Waals surface area (Å²) < 4.78 is 62.2. The minimum Gasteiger partial charge on any atom is -0.494 e. The van der Waals surface area contributed by atoms with Crippen LogP contribution in [0.4, 0.5) is 17.6 Å². The number of hydrogen-bond acceptors (Lipinski definition) is 5. The third-order valence-corrected chi connectivity index (χ3v) is 2.06. The molecule has 1 rings (SSSR count). The number of methoxy groups -OCH3 is 1. The van der Waals surface area contributed by atoms with Crippen LogP contribution in [0.1, 0.15) is 23.0 Å². The number of nitrogens with zero attached hydrogens (tertiary/aromatic N) is 1. The van der Waals surface area contributed by atoms with Crippen LogP contribution in [0.25, 0.3) is 0 Å². The molecule has 0 unspecified atom stereocenters. The molecular formula is C11H11F4NO4. The quantitative estimate of drug-likeness (QED) is 0.617. The van der Waals surface area contributed by atoms with Crippen LogP contribution in [0.15, 0.2) is 6.07 Å². The number of aromatic nitrogens is 1. The minimum absolute atomic E-state index is 0.0288. The molecule has 0 saturated heterocycles. The van der Waals surface area contributed by atoms with Crippen LogP contribution in [0, 0.1) is 0 Å². The fourth-order valence-electron chi connectivity index (χ4n) is 1.40. The molecule has 0 spiro atoms. The summed E-state index contributed by atoms with van der Waals surface area (Å²) in [7, 11) is 1.13. The van der Waals surface area contributed by atoms with E-state index in [-0.39, 0.29) is 17.9 Å². The van der Waals surface area contributed by atoms with Gasteiger partial charge in [0.15, 0.2) is 11.4 Å².